The minimum atomic E-state index is -4.12. The Kier molecular flexibility index (Phi) is 10.6. The Bertz CT molecular complexity index is 2050. The zero-order valence-corrected chi connectivity index (χ0v) is 28.6. The number of imidazole rings is 1. The lowest BCUT2D eigenvalue weighted by atomic mass is 9.89. The van der Waals surface area contributed by atoms with Crippen LogP contribution in [0.5, 0.6) is 0 Å². The predicted molar refractivity (Wildman–Crippen MR) is 193 cm³/mol. The van der Waals surface area contributed by atoms with Crippen molar-refractivity contribution in [2.75, 3.05) is 11.1 Å². The molecule has 1 amide bonds. The summed E-state index contributed by atoms with van der Waals surface area (Å²) in [7, 11) is -4.12. The second kappa shape index (κ2) is 14.7. The van der Waals surface area contributed by atoms with E-state index < -0.39 is 21.8 Å². The van der Waals surface area contributed by atoms with E-state index in [2.05, 4.69) is 48.2 Å². The number of ketones is 1. The molecule has 0 saturated heterocycles. The Balaban J connectivity index is 1.33. The minimum Gasteiger partial charge on any atom is -0.338 e. The molecule has 5 rings (SSSR count). The van der Waals surface area contributed by atoms with Gasteiger partial charge in [-0.15, -0.1) is 0 Å². The number of nitrogens with one attached hydrogen (secondary N) is 2. The number of allylic oxidation sites excluding steroid dienone is 1. The molecule has 0 aliphatic rings. The van der Waals surface area contributed by atoms with Gasteiger partial charge < -0.3 is 10.3 Å². The SMILES string of the molecule is CC(C)(C)/C=C/c1ccc(C(Cc2ccc(C(=O)CCCS(=O)(=O)O)cc2)C(=O)Nc2ccc(-c3nc4ccc(Cl)cc4[nH]3)cc2)cc1. The van der Waals surface area contributed by atoms with E-state index in [0.29, 0.717) is 28.5 Å². The van der Waals surface area contributed by atoms with Crippen molar-refractivity contribution in [2.24, 2.45) is 5.41 Å². The Hall–Kier alpha value is -4.57. The molecule has 4 aromatic carbocycles. The molecular weight excluding hydrogens is 646 g/mol. The number of H-pyrrole nitrogens is 1. The fourth-order valence-electron chi connectivity index (χ4n) is 5.23. The van der Waals surface area contributed by atoms with Crippen LogP contribution in [0.1, 0.15) is 66.6 Å². The van der Waals surface area contributed by atoms with Gasteiger partial charge >= 0.3 is 0 Å². The molecule has 248 valence electrons. The number of benzene rings is 4. The van der Waals surface area contributed by atoms with Crippen molar-refractivity contribution in [1.82, 2.24) is 9.97 Å². The molecule has 3 N–H and O–H groups in total. The molecule has 1 aromatic heterocycles. The Labute approximate surface area is 286 Å². The minimum absolute atomic E-state index is 0.00363. The van der Waals surface area contributed by atoms with Crippen LogP contribution < -0.4 is 5.32 Å². The van der Waals surface area contributed by atoms with E-state index in [4.69, 9.17) is 16.2 Å². The van der Waals surface area contributed by atoms with Crippen LogP contribution in [0, 0.1) is 5.41 Å². The molecule has 0 saturated carbocycles. The lowest BCUT2D eigenvalue weighted by molar-refractivity contribution is -0.117. The highest BCUT2D eigenvalue weighted by atomic mass is 35.5. The van der Waals surface area contributed by atoms with Gasteiger partial charge in [-0.25, -0.2) is 4.98 Å². The number of halogens is 1. The van der Waals surface area contributed by atoms with Crippen molar-refractivity contribution in [2.45, 2.75) is 46.0 Å². The summed E-state index contributed by atoms with van der Waals surface area (Å²) in [6, 6.07) is 27.9. The van der Waals surface area contributed by atoms with Crippen LogP contribution in [0.3, 0.4) is 0 Å². The van der Waals surface area contributed by atoms with Crippen molar-refractivity contribution in [3.63, 3.8) is 0 Å². The predicted octanol–water partition coefficient (Wildman–Crippen LogP) is 8.76. The topological polar surface area (TPSA) is 129 Å². The Morgan fingerprint density at radius 2 is 1.65 bits per heavy atom. The van der Waals surface area contributed by atoms with Crippen molar-refractivity contribution in [3.8, 4) is 11.4 Å². The molecule has 1 atom stereocenters. The summed E-state index contributed by atoms with van der Waals surface area (Å²) in [6.45, 7) is 6.40. The van der Waals surface area contributed by atoms with Gasteiger partial charge in [-0.05, 0) is 77.4 Å². The van der Waals surface area contributed by atoms with Crippen LogP contribution in [0.4, 0.5) is 5.69 Å². The molecule has 1 unspecified atom stereocenters. The molecule has 1 heterocycles. The number of anilines is 1. The van der Waals surface area contributed by atoms with Gasteiger partial charge in [0, 0.05) is 28.3 Å². The summed E-state index contributed by atoms with van der Waals surface area (Å²) in [5.41, 5.74) is 6.39. The molecule has 5 aromatic rings. The first kappa shape index (κ1) is 34.8. The number of hydrogen-bond donors (Lipinski definition) is 3. The van der Waals surface area contributed by atoms with Crippen molar-refractivity contribution < 1.29 is 22.6 Å². The van der Waals surface area contributed by atoms with Gasteiger partial charge in [0.05, 0.1) is 22.7 Å². The standard InChI is InChI=1S/C38H38ClN3O5S/c1-38(2,3)21-20-25-6-10-27(11-7-25)32(23-26-8-12-28(13-9-26)35(43)5-4-22-48(45,46)47)37(44)40-31-17-14-29(15-18-31)36-41-33-19-16-30(39)24-34(33)42-36/h6-21,24,32H,4-5,22-23H2,1-3H3,(H,40,44)(H,41,42)(H,45,46,47)/b21-20+. The maximum absolute atomic E-state index is 13.9. The highest BCUT2D eigenvalue weighted by Gasteiger charge is 2.22. The Morgan fingerprint density at radius 3 is 2.29 bits per heavy atom. The van der Waals surface area contributed by atoms with Crippen LogP contribution >= 0.6 is 11.6 Å². The van der Waals surface area contributed by atoms with Crippen LogP contribution in [-0.2, 0) is 21.3 Å². The van der Waals surface area contributed by atoms with E-state index in [1.54, 1.807) is 18.2 Å². The van der Waals surface area contributed by atoms with Gasteiger partial charge in [-0.3, -0.25) is 14.1 Å². The second-order valence-corrected chi connectivity index (χ2v) is 15.0. The molecule has 0 aliphatic heterocycles. The monoisotopic (exact) mass is 683 g/mol. The average Bonchev–Trinajstić information content (AvgIpc) is 3.46. The number of hydrogen-bond acceptors (Lipinski definition) is 5. The maximum atomic E-state index is 13.9. The number of aromatic amines is 1. The first-order valence-corrected chi connectivity index (χ1v) is 17.6. The van der Waals surface area contributed by atoms with Gasteiger partial charge in [-0.2, -0.15) is 8.42 Å². The van der Waals surface area contributed by atoms with Gasteiger partial charge in [0.2, 0.25) is 5.91 Å². The van der Waals surface area contributed by atoms with Gasteiger partial charge in [-0.1, -0.05) is 93.1 Å². The number of amides is 1. The number of carbonyl (C=O) groups excluding carboxylic acids is 2. The zero-order valence-electron chi connectivity index (χ0n) is 27.0. The van der Waals surface area contributed by atoms with E-state index >= 15 is 0 Å². The summed E-state index contributed by atoms with van der Waals surface area (Å²) < 4.78 is 30.9. The van der Waals surface area contributed by atoms with Crippen LogP contribution in [0.15, 0.2) is 97.1 Å². The number of fused-ring (bicyclic) bond motifs is 1. The summed E-state index contributed by atoms with van der Waals surface area (Å²) in [6.07, 6.45) is 4.64. The molecule has 10 heteroatoms. The van der Waals surface area contributed by atoms with E-state index in [9.17, 15) is 18.0 Å². The number of aromatic nitrogens is 2. The maximum Gasteiger partial charge on any atom is 0.264 e. The van der Waals surface area contributed by atoms with Gasteiger partial charge in [0.25, 0.3) is 10.1 Å². The lowest BCUT2D eigenvalue weighted by Crippen LogP contribution is -2.23. The van der Waals surface area contributed by atoms with E-state index in [1.807, 2.05) is 72.8 Å². The first-order valence-electron chi connectivity index (χ1n) is 15.7. The summed E-state index contributed by atoms with van der Waals surface area (Å²) in [5.74, 6) is -0.681. The molecular formula is C38H38ClN3O5S. The third-order valence-electron chi connectivity index (χ3n) is 7.82. The number of Topliss-reactive ketones (excluding diaryl/α,β-unsaturated/α-hetero) is 1. The number of rotatable bonds is 12. The normalized spacial score (nSPS) is 12.8. The molecule has 0 bridgehead atoms. The fraction of sp³-hybridized carbons (Fsp3) is 0.237. The lowest BCUT2D eigenvalue weighted by Gasteiger charge is -2.18. The molecule has 0 fully saturated rings. The van der Waals surface area contributed by atoms with Gasteiger partial charge in [0.15, 0.2) is 5.78 Å². The third kappa shape index (κ3) is 9.73. The van der Waals surface area contributed by atoms with E-state index in [-0.39, 0.29) is 29.9 Å². The van der Waals surface area contributed by atoms with Crippen molar-refractivity contribution >= 4 is 56.2 Å². The largest absolute Gasteiger partial charge is 0.338 e. The van der Waals surface area contributed by atoms with Crippen molar-refractivity contribution in [1.29, 1.82) is 0 Å². The smallest absolute Gasteiger partial charge is 0.264 e. The van der Waals surface area contributed by atoms with E-state index in [0.717, 1.165) is 33.3 Å². The summed E-state index contributed by atoms with van der Waals surface area (Å²) in [5, 5.41) is 3.70. The van der Waals surface area contributed by atoms with Crippen LogP contribution in [0.2, 0.25) is 5.02 Å². The van der Waals surface area contributed by atoms with Crippen molar-refractivity contribution in [3.05, 3.63) is 124 Å². The highest BCUT2D eigenvalue weighted by molar-refractivity contribution is 7.85. The molecule has 48 heavy (non-hydrogen) atoms. The number of carbonyl (C=O) groups is 2. The third-order valence-corrected chi connectivity index (χ3v) is 8.86. The average molecular weight is 684 g/mol. The summed E-state index contributed by atoms with van der Waals surface area (Å²) >= 11 is 6.12. The molecule has 0 spiro atoms. The Morgan fingerprint density at radius 1 is 0.958 bits per heavy atom. The molecule has 0 aliphatic carbocycles. The molecule has 8 nitrogen and oxygen atoms in total. The fourth-order valence-corrected chi connectivity index (χ4v) is 5.91. The van der Waals surface area contributed by atoms with Crippen LogP contribution in [-0.4, -0.2) is 40.4 Å². The quantitative estimate of drug-likeness (QED) is 0.0891. The van der Waals surface area contributed by atoms with Crippen LogP contribution in [0.25, 0.3) is 28.5 Å². The molecule has 0 radical (unpaired) electrons. The number of nitrogens with zero attached hydrogens (tertiary/aromatic N) is 1. The second-order valence-electron chi connectivity index (χ2n) is 12.9. The summed E-state index contributed by atoms with van der Waals surface area (Å²) in [4.78, 5) is 34.3. The zero-order chi connectivity index (χ0) is 34.5. The van der Waals surface area contributed by atoms with Gasteiger partial charge in [0.1, 0.15) is 5.82 Å². The van der Waals surface area contributed by atoms with E-state index in [1.165, 1.54) is 0 Å². The first-order chi connectivity index (χ1) is 22.7. The highest BCUT2D eigenvalue weighted by Crippen LogP contribution is 2.28.